The van der Waals surface area contributed by atoms with E-state index in [0.29, 0.717) is 27.6 Å². The topological polar surface area (TPSA) is 128 Å². The van der Waals surface area contributed by atoms with Crippen LogP contribution in [-0.2, 0) is 32.2 Å². The number of sulfone groups is 1. The first-order valence-electron chi connectivity index (χ1n) is 9.72. The standard InChI is InChI=1S/C20H18ClN3O6S2/c1-2-29-19(26)16-13-7-4-8-14(13)31-18(16)22-15(25)10-32(27,28)20-24-23-17(30-20)11-5-3-6-12(21)9-11/h3,5-6,9H,2,4,7-8,10H2,1H3,(H,22,25). The first-order valence-corrected chi connectivity index (χ1v) is 12.6. The fraction of sp³-hybridized carbons (Fsp3) is 0.300. The summed E-state index contributed by atoms with van der Waals surface area (Å²) >= 11 is 7.19. The van der Waals surface area contributed by atoms with Crippen LogP contribution in [-0.4, -0.2) is 42.9 Å². The maximum absolute atomic E-state index is 12.6. The van der Waals surface area contributed by atoms with E-state index in [1.54, 1.807) is 31.2 Å². The lowest BCUT2D eigenvalue weighted by atomic mass is 10.1. The van der Waals surface area contributed by atoms with Crippen molar-refractivity contribution in [3.05, 3.63) is 45.3 Å². The highest BCUT2D eigenvalue weighted by Crippen LogP contribution is 2.39. The van der Waals surface area contributed by atoms with Gasteiger partial charge in [-0.25, -0.2) is 13.2 Å². The fourth-order valence-electron chi connectivity index (χ4n) is 3.38. The third-order valence-electron chi connectivity index (χ3n) is 4.72. The predicted molar refractivity (Wildman–Crippen MR) is 118 cm³/mol. The maximum Gasteiger partial charge on any atom is 0.341 e. The van der Waals surface area contributed by atoms with Gasteiger partial charge in [0.15, 0.2) is 0 Å². The second-order valence-corrected chi connectivity index (χ2v) is 10.4. The smallest absolute Gasteiger partial charge is 0.341 e. The summed E-state index contributed by atoms with van der Waals surface area (Å²) in [5.41, 5.74) is 1.61. The number of aryl methyl sites for hydroxylation is 1. The average Bonchev–Trinajstić information content (AvgIpc) is 3.43. The van der Waals surface area contributed by atoms with Crippen LogP contribution in [0.5, 0.6) is 0 Å². The van der Waals surface area contributed by atoms with Crippen LogP contribution >= 0.6 is 22.9 Å². The highest BCUT2D eigenvalue weighted by Gasteiger charge is 2.31. The second kappa shape index (κ2) is 9.00. The van der Waals surface area contributed by atoms with Crippen molar-refractivity contribution in [1.82, 2.24) is 10.2 Å². The van der Waals surface area contributed by atoms with E-state index in [1.807, 2.05) is 0 Å². The molecular formula is C20H18ClN3O6S2. The number of hydrogen-bond donors (Lipinski definition) is 1. The molecule has 1 N–H and O–H groups in total. The van der Waals surface area contributed by atoms with Crippen molar-refractivity contribution in [2.24, 2.45) is 0 Å². The number of thiophene rings is 1. The summed E-state index contributed by atoms with van der Waals surface area (Å²) in [4.78, 5) is 25.9. The van der Waals surface area contributed by atoms with Crippen LogP contribution < -0.4 is 5.32 Å². The van der Waals surface area contributed by atoms with E-state index in [4.69, 9.17) is 20.8 Å². The van der Waals surface area contributed by atoms with Crippen LogP contribution in [0.2, 0.25) is 5.02 Å². The number of carbonyl (C=O) groups is 2. The van der Waals surface area contributed by atoms with Crippen LogP contribution in [0.15, 0.2) is 33.9 Å². The highest BCUT2D eigenvalue weighted by molar-refractivity contribution is 7.91. The minimum absolute atomic E-state index is 0.0363. The summed E-state index contributed by atoms with van der Waals surface area (Å²) in [7, 11) is -4.21. The summed E-state index contributed by atoms with van der Waals surface area (Å²) in [5.74, 6) is -2.31. The maximum atomic E-state index is 12.6. The first-order chi connectivity index (χ1) is 15.3. The van der Waals surface area contributed by atoms with Crippen molar-refractivity contribution < 1.29 is 27.2 Å². The highest BCUT2D eigenvalue weighted by atomic mass is 35.5. The number of ether oxygens (including phenoxy) is 1. The normalized spacial score (nSPS) is 13.1. The van der Waals surface area contributed by atoms with Gasteiger partial charge in [0.05, 0.1) is 12.2 Å². The molecule has 2 heterocycles. The predicted octanol–water partition coefficient (Wildman–Crippen LogP) is 3.53. The molecule has 0 saturated carbocycles. The molecule has 1 aliphatic carbocycles. The largest absolute Gasteiger partial charge is 0.462 e. The monoisotopic (exact) mass is 495 g/mol. The van der Waals surface area contributed by atoms with E-state index < -0.39 is 32.7 Å². The molecule has 168 valence electrons. The SMILES string of the molecule is CCOC(=O)c1c(NC(=O)CS(=O)(=O)c2nnc(-c3cccc(Cl)c3)o2)sc2c1CCC2. The number of nitrogens with zero attached hydrogens (tertiary/aromatic N) is 2. The van der Waals surface area contributed by atoms with E-state index >= 15 is 0 Å². The van der Waals surface area contributed by atoms with E-state index in [-0.39, 0.29) is 12.5 Å². The summed E-state index contributed by atoms with van der Waals surface area (Å²) in [6.45, 7) is 1.88. The van der Waals surface area contributed by atoms with Crippen molar-refractivity contribution in [3.8, 4) is 11.5 Å². The lowest BCUT2D eigenvalue weighted by Crippen LogP contribution is -2.24. The molecule has 0 atom stereocenters. The number of rotatable bonds is 7. The van der Waals surface area contributed by atoms with Crippen LogP contribution in [0.3, 0.4) is 0 Å². The number of hydrogen-bond acceptors (Lipinski definition) is 9. The summed E-state index contributed by atoms with van der Waals surface area (Å²) < 4.78 is 35.6. The van der Waals surface area contributed by atoms with E-state index in [9.17, 15) is 18.0 Å². The van der Waals surface area contributed by atoms with E-state index in [1.165, 1.54) is 11.3 Å². The zero-order valence-corrected chi connectivity index (χ0v) is 19.3. The number of nitrogens with one attached hydrogen (secondary N) is 1. The van der Waals surface area contributed by atoms with Crippen LogP contribution in [0.4, 0.5) is 5.00 Å². The number of esters is 1. The number of benzene rings is 1. The molecule has 0 spiro atoms. The first kappa shape index (κ1) is 22.4. The Hall–Kier alpha value is -2.76. The zero-order valence-electron chi connectivity index (χ0n) is 16.9. The molecule has 0 aliphatic heterocycles. The Morgan fingerprint density at radius 1 is 1.28 bits per heavy atom. The minimum Gasteiger partial charge on any atom is -0.462 e. The Balaban J connectivity index is 1.52. The zero-order chi connectivity index (χ0) is 22.9. The Labute approximate surface area is 192 Å². The lowest BCUT2D eigenvalue weighted by molar-refractivity contribution is -0.113. The van der Waals surface area contributed by atoms with E-state index in [0.717, 1.165) is 23.3 Å². The van der Waals surface area contributed by atoms with Crippen LogP contribution in [0.1, 0.15) is 34.1 Å². The van der Waals surface area contributed by atoms with Gasteiger partial charge in [-0.05, 0) is 49.9 Å². The molecule has 0 fully saturated rings. The molecule has 1 amide bonds. The number of halogens is 1. The molecule has 1 aliphatic rings. The summed E-state index contributed by atoms with van der Waals surface area (Å²) in [6, 6.07) is 6.48. The van der Waals surface area contributed by atoms with Crippen LogP contribution in [0.25, 0.3) is 11.5 Å². The molecule has 3 aromatic rings. The molecule has 4 rings (SSSR count). The van der Waals surface area contributed by atoms with Gasteiger partial charge in [-0.2, -0.15) is 0 Å². The summed E-state index contributed by atoms with van der Waals surface area (Å²) in [6.07, 6.45) is 2.43. The Morgan fingerprint density at radius 2 is 2.09 bits per heavy atom. The molecule has 0 saturated heterocycles. The quantitative estimate of drug-likeness (QED) is 0.493. The van der Waals surface area contributed by atoms with Crippen LogP contribution in [0, 0.1) is 0 Å². The minimum atomic E-state index is -4.21. The lowest BCUT2D eigenvalue weighted by Gasteiger charge is -2.07. The molecule has 9 nitrogen and oxygen atoms in total. The Morgan fingerprint density at radius 3 is 2.84 bits per heavy atom. The molecule has 1 aromatic carbocycles. The van der Waals surface area contributed by atoms with Gasteiger partial charge in [0.2, 0.25) is 21.6 Å². The van der Waals surface area contributed by atoms with Gasteiger partial charge < -0.3 is 14.5 Å². The van der Waals surface area contributed by atoms with Gasteiger partial charge >= 0.3 is 11.2 Å². The number of aromatic nitrogens is 2. The third kappa shape index (κ3) is 4.54. The van der Waals surface area contributed by atoms with Crippen molar-refractivity contribution in [2.75, 3.05) is 17.7 Å². The third-order valence-corrected chi connectivity index (χ3v) is 7.50. The Bertz CT molecular complexity index is 1300. The van der Waals surface area contributed by atoms with Crippen molar-refractivity contribution >= 4 is 49.7 Å². The molecule has 0 bridgehead atoms. The molecule has 0 radical (unpaired) electrons. The average molecular weight is 496 g/mol. The fourth-order valence-corrected chi connectivity index (χ4v) is 5.78. The van der Waals surface area contributed by atoms with Gasteiger partial charge in [0, 0.05) is 15.5 Å². The molecular weight excluding hydrogens is 478 g/mol. The van der Waals surface area contributed by atoms with Crippen molar-refractivity contribution in [1.29, 1.82) is 0 Å². The van der Waals surface area contributed by atoms with Crippen molar-refractivity contribution in [2.45, 2.75) is 31.4 Å². The molecule has 32 heavy (non-hydrogen) atoms. The number of anilines is 1. The van der Waals surface area contributed by atoms with Gasteiger partial charge in [-0.15, -0.1) is 16.4 Å². The number of carbonyl (C=O) groups excluding carboxylic acids is 2. The number of amides is 1. The molecule has 0 unspecified atom stereocenters. The van der Waals surface area contributed by atoms with Gasteiger partial charge in [0.1, 0.15) is 10.8 Å². The number of fused-ring (bicyclic) bond motifs is 1. The Kier molecular flexibility index (Phi) is 6.31. The van der Waals surface area contributed by atoms with Gasteiger partial charge in [0.25, 0.3) is 0 Å². The summed E-state index contributed by atoms with van der Waals surface area (Å²) in [5, 5.41) is 9.87. The molecule has 12 heteroatoms. The van der Waals surface area contributed by atoms with Gasteiger partial charge in [-0.1, -0.05) is 22.8 Å². The van der Waals surface area contributed by atoms with E-state index in [2.05, 4.69) is 15.5 Å². The molecule has 2 aromatic heterocycles. The van der Waals surface area contributed by atoms with Crippen molar-refractivity contribution in [3.63, 3.8) is 0 Å². The second-order valence-electron chi connectivity index (χ2n) is 6.97. The van der Waals surface area contributed by atoms with Gasteiger partial charge in [-0.3, -0.25) is 4.79 Å².